The van der Waals surface area contributed by atoms with Crippen molar-refractivity contribution >= 4 is 11.6 Å². The van der Waals surface area contributed by atoms with Gasteiger partial charge in [0.1, 0.15) is 0 Å². The standard InChI is InChI=1S/C12H16IN2O/c1-2-13-14-8-9-15(12(16)10-14)11-6-4-3-5-7-11/h3-7H,2,8-10H2,1H3/q-1. The van der Waals surface area contributed by atoms with Crippen LogP contribution in [-0.4, -0.2) is 33.1 Å². The third-order valence-corrected chi connectivity index (χ3v) is 5.00. The quantitative estimate of drug-likeness (QED) is 0.377. The second-order valence-corrected chi connectivity index (χ2v) is 7.18. The van der Waals surface area contributed by atoms with Gasteiger partial charge in [0, 0.05) is 0 Å². The van der Waals surface area contributed by atoms with Gasteiger partial charge < -0.3 is 0 Å². The molecular formula is C12H16IN2O-. The summed E-state index contributed by atoms with van der Waals surface area (Å²) in [5.74, 6) is 0.241. The fourth-order valence-electron chi connectivity index (χ4n) is 1.80. The number of carbonyl (C=O) groups excluding carboxylic acids is 1. The van der Waals surface area contributed by atoms with Gasteiger partial charge in [0.25, 0.3) is 0 Å². The van der Waals surface area contributed by atoms with Gasteiger partial charge in [0.2, 0.25) is 0 Å². The molecule has 4 heteroatoms. The minimum atomic E-state index is 0.0760. The van der Waals surface area contributed by atoms with Crippen LogP contribution in [0.15, 0.2) is 30.3 Å². The first-order valence-corrected chi connectivity index (χ1v) is 8.00. The number of para-hydroxylation sites is 1. The number of hydrogen-bond donors (Lipinski definition) is 0. The second kappa shape index (κ2) is 5.63. The van der Waals surface area contributed by atoms with E-state index >= 15 is 0 Å². The zero-order valence-electron chi connectivity index (χ0n) is 9.40. The average Bonchev–Trinajstić information content (AvgIpc) is 2.31. The van der Waals surface area contributed by atoms with E-state index in [0.717, 1.165) is 18.8 Å². The summed E-state index contributed by atoms with van der Waals surface area (Å²) in [5, 5.41) is 0. The predicted octanol–water partition coefficient (Wildman–Crippen LogP) is -1.64. The molecule has 0 unspecified atom stereocenters. The van der Waals surface area contributed by atoms with Gasteiger partial charge in [-0.1, -0.05) is 0 Å². The summed E-state index contributed by atoms with van der Waals surface area (Å²) in [5.41, 5.74) is 1.03. The van der Waals surface area contributed by atoms with E-state index < -0.39 is 0 Å². The number of amides is 1. The van der Waals surface area contributed by atoms with Crippen molar-refractivity contribution in [1.29, 1.82) is 0 Å². The number of halogens is 1. The van der Waals surface area contributed by atoms with Crippen LogP contribution in [-0.2, 0) is 4.79 Å². The maximum absolute atomic E-state index is 12.0. The monoisotopic (exact) mass is 331 g/mol. The number of benzene rings is 1. The second-order valence-electron chi connectivity index (χ2n) is 3.61. The van der Waals surface area contributed by atoms with E-state index in [9.17, 15) is 4.79 Å². The molecule has 1 heterocycles. The van der Waals surface area contributed by atoms with Gasteiger partial charge in [-0.05, 0) is 0 Å². The molecule has 3 nitrogen and oxygen atoms in total. The summed E-state index contributed by atoms with van der Waals surface area (Å²) < 4.78 is 3.55. The number of alkyl halides is 1. The molecule has 0 atom stereocenters. The number of piperazine rings is 1. The normalized spacial score (nSPS) is 18.1. The Morgan fingerprint density at radius 2 is 2.00 bits per heavy atom. The molecule has 1 aliphatic heterocycles. The molecule has 0 bridgehead atoms. The van der Waals surface area contributed by atoms with Crippen LogP contribution in [0, 0.1) is 0 Å². The molecule has 0 saturated carbocycles. The maximum atomic E-state index is 12.0. The van der Waals surface area contributed by atoms with Gasteiger partial charge in [-0.3, -0.25) is 0 Å². The molecule has 1 aromatic carbocycles. The number of rotatable bonds is 3. The van der Waals surface area contributed by atoms with Gasteiger partial charge in [0.15, 0.2) is 0 Å². The molecule has 1 aliphatic rings. The molecule has 1 amide bonds. The zero-order valence-corrected chi connectivity index (χ0v) is 11.6. The first kappa shape index (κ1) is 11.9. The van der Waals surface area contributed by atoms with E-state index in [1.807, 2.05) is 35.2 Å². The van der Waals surface area contributed by atoms with E-state index in [1.165, 1.54) is 4.43 Å². The molecule has 0 aliphatic carbocycles. The molecule has 0 spiro atoms. The summed E-state index contributed by atoms with van der Waals surface area (Å²) in [4.78, 5) is 13.9. The summed E-state index contributed by atoms with van der Waals surface area (Å²) >= 11 is 0.0760. The third kappa shape index (κ3) is 2.74. The van der Waals surface area contributed by atoms with Crippen molar-refractivity contribution in [3.8, 4) is 0 Å². The summed E-state index contributed by atoms with van der Waals surface area (Å²) in [6.45, 7) is 4.67. The Labute approximate surface area is 107 Å². The Bertz CT molecular complexity index is 355. The Morgan fingerprint density at radius 3 is 2.62 bits per heavy atom. The molecule has 1 aromatic rings. The molecular weight excluding hydrogens is 315 g/mol. The SMILES string of the molecule is CC[I-]N1CCN(c2ccccc2)C(=O)C1. The first-order valence-electron chi connectivity index (χ1n) is 5.51. The molecule has 16 heavy (non-hydrogen) atoms. The van der Waals surface area contributed by atoms with Gasteiger partial charge in [-0.15, -0.1) is 0 Å². The predicted molar refractivity (Wildman–Crippen MR) is 60.9 cm³/mol. The van der Waals surface area contributed by atoms with E-state index in [0.29, 0.717) is 6.54 Å². The van der Waals surface area contributed by atoms with E-state index in [4.69, 9.17) is 0 Å². The number of anilines is 1. The fourth-order valence-corrected chi connectivity index (χ4v) is 3.85. The Balaban J connectivity index is 2.02. The van der Waals surface area contributed by atoms with E-state index in [2.05, 4.69) is 10.0 Å². The Kier molecular flexibility index (Phi) is 4.17. The van der Waals surface area contributed by atoms with Crippen LogP contribution in [0.2, 0.25) is 0 Å². The molecule has 0 radical (unpaired) electrons. The van der Waals surface area contributed by atoms with Gasteiger partial charge >= 0.3 is 107 Å². The van der Waals surface area contributed by atoms with Gasteiger partial charge in [0.05, 0.1) is 0 Å². The number of nitrogens with zero attached hydrogens (tertiary/aromatic N) is 2. The summed E-state index contributed by atoms with van der Waals surface area (Å²) in [6.07, 6.45) is 0. The average molecular weight is 331 g/mol. The van der Waals surface area contributed by atoms with Crippen LogP contribution >= 0.6 is 0 Å². The van der Waals surface area contributed by atoms with Crippen molar-refractivity contribution < 1.29 is 26.3 Å². The van der Waals surface area contributed by atoms with Crippen molar-refractivity contribution in [2.75, 3.05) is 29.0 Å². The van der Waals surface area contributed by atoms with Crippen molar-refractivity contribution in [3.63, 3.8) is 0 Å². The van der Waals surface area contributed by atoms with E-state index in [1.54, 1.807) is 0 Å². The van der Waals surface area contributed by atoms with Crippen LogP contribution in [0.25, 0.3) is 0 Å². The molecule has 2 rings (SSSR count). The Morgan fingerprint density at radius 1 is 1.25 bits per heavy atom. The van der Waals surface area contributed by atoms with Crippen LogP contribution in [0.1, 0.15) is 6.92 Å². The van der Waals surface area contributed by atoms with Crippen LogP contribution < -0.4 is 26.4 Å². The Hall–Kier alpha value is -0.620. The van der Waals surface area contributed by atoms with Gasteiger partial charge in [-0.25, -0.2) is 0 Å². The molecule has 1 fully saturated rings. The molecule has 88 valence electrons. The van der Waals surface area contributed by atoms with Crippen molar-refractivity contribution in [3.05, 3.63) is 30.3 Å². The molecule has 1 saturated heterocycles. The number of hydrogen-bond acceptors (Lipinski definition) is 2. The van der Waals surface area contributed by atoms with Crippen LogP contribution in [0.5, 0.6) is 0 Å². The zero-order chi connectivity index (χ0) is 11.4. The molecule has 0 aromatic heterocycles. The van der Waals surface area contributed by atoms with Crippen molar-refractivity contribution in [2.24, 2.45) is 0 Å². The van der Waals surface area contributed by atoms with Crippen LogP contribution in [0.3, 0.4) is 0 Å². The minimum absolute atomic E-state index is 0.0760. The topological polar surface area (TPSA) is 23.6 Å². The fraction of sp³-hybridized carbons (Fsp3) is 0.417. The molecule has 0 N–H and O–H groups in total. The van der Waals surface area contributed by atoms with E-state index in [-0.39, 0.29) is 27.4 Å². The van der Waals surface area contributed by atoms with Crippen molar-refractivity contribution in [1.82, 2.24) is 3.11 Å². The first-order chi connectivity index (χ1) is 7.81. The summed E-state index contributed by atoms with van der Waals surface area (Å²) in [6, 6.07) is 9.94. The number of carbonyl (C=O) groups is 1. The van der Waals surface area contributed by atoms with Crippen molar-refractivity contribution in [2.45, 2.75) is 6.92 Å². The summed E-state index contributed by atoms with van der Waals surface area (Å²) in [7, 11) is 0. The van der Waals surface area contributed by atoms with Crippen LogP contribution in [0.4, 0.5) is 5.69 Å². The third-order valence-electron chi connectivity index (χ3n) is 2.53. The van der Waals surface area contributed by atoms with Gasteiger partial charge in [-0.2, -0.15) is 0 Å².